The molecule has 2 aromatic carbocycles. The lowest BCUT2D eigenvalue weighted by molar-refractivity contribution is -0.118. The number of hydrogen-bond donors (Lipinski definition) is 2. The second kappa shape index (κ2) is 7.32. The van der Waals surface area contributed by atoms with Crippen molar-refractivity contribution in [3.8, 4) is 23.1 Å². The summed E-state index contributed by atoms with van der Waals surface area (Å²) < 4.78 is 5.43. The zero-order chi connectivity index (χ0) is 18.6. The van der Waals surface area contributed by atoms with E-state index in [0.29, 0.717) is 16.4 Å². The highest BCUT2D eigenvalue weighted by Crippen LogP contribution is 2.30. The molecule has 0 aliphatic heterocycles. The molecule has 27 heavy (non-hydrogen) atoms. The molecular formula is C20H14N4O2S. The number of nitriles is 1. The number of benzene rings is 2. The fraction of sp³-hybridized carbons (Fsp3) is 0.0500. The molecule has 0 aliphatic carbocycles. The minimum atomic E-state index is -0.292. The third kappa shape index (κ3) is 3.66. The summed E-state index contributed by atoms with van der Waals surface area (Å²) in [7, 11) is 0. The highest BCUT2D eigenvalue weighted by atomic mass is 32.1. The van der Waals surface area contributed by atoms with Gasteiger partial charge in [-0.1, -0.05) is 18.2 Å². The van der Waals surface area contributed by atoms with Gasteiger partial charge in [-0.15, -0.1) is 11.3 Å². The van der Waals surface area contributed by atoms with Gasteiger partial charge in [0.05, 0.1) is 17.3 Å². The Balaban J connectivity index is 1.40. The van der Waals surface area contributed by atoms with Gasteiger partial charge in [0.15, 0.2) is 11.7 Å². The fourth-order valence-corrected chi connectivity index (χ4v) is 3.39. The zero-order valence-corrected chi connectivity index (χ0v) is 14.9. The first kappa shape index (κ1) is 16.8. The van der Waals surface area contributed by atoms with Crippen molar-refractivity contribution in [2.45, 2.75) is 0 Å². The number of hydrogen-bond acceptors (Lipinski definition) is 5. The molecule has 132 valence electrons. The Hall–Kier alpha value is -3.63. The first-order valence-electron chi connectivity index (χ1n) is 8.18. The number of anilines is 1. The van der Waals surface area contributed by atoms with E-state index >= 15 is 0 Å². The number of ether oxygens (including phenoxy) is 1. The first-order valence-corrected chi connectivity index (χ1v) is 9.06. The van der Waals surface area contributed by atoms with E-state index in [9.17, 15) is 4.79 Å². The predicted octanol–water partition coefficient (Wildman–Crippen LogP) is 4.18. The molecule has 2 aromatic heterocycles. The molecule has 4 aromatic rings. The Morgan fingerprint density at radius 1 is 1.22 bits per heavy atom. The topological polar surface area (TPSA) is 90.8 Å². The maximum atomic E-state index is 12.1. The van der Waals surface area contributed by atoms with Crippen LogP contribution in [0.15, 0.2) is 60.1 Å². The van der Waals surface area contributed by atoms with Crippen LogP contribution in [0.3, 0.4) is 0 Å². The van der Waals surface area contributed by atoms with Crippen LogP contribution in [0, 0.1) is 11.3 Å². The summed E-state index contributed by atoms with van der Waals surface area (Å²) >= 11 is 1.36. The number of carbonyl (C=O) groups is 1. The van der Waals surface area contributed by atoms with Gasteiger partial charge in [-0.3, -0.25) is 10.1 Å². The summed E-state index contributed by atoms with van der Waals surface area (Å²) in [4.78, 5) is 19.8. The maximum Gasteiger partial charge on any atom is 0.264 e. The molecule has 6 nitrogen and oxygen atoms in total. The van der Waals surface area contributed by atoms with Crippen LogP contribution >= 0.6 is 11.3 Å². The van der Waals surface area contributed by atoms with Gasteiger partial charge in [0.1, 0.15) is 5.75 Å². The third-order valence-electron chi connectivity index (χ3n) is 3.97. The number of carbonyl (C=O) groups excluding carboxylic acids is 1. The minimum Gasteiger partial charge on any atom is -0.484 e. The molecule has 0 fully saturated rings. The number of fused-ring (bicyclic) bond motifs is 1. The number of para-hydroxylation sites is 1. The van der Waals surface area contributed by atoms with Crippen molar-refractivity contribution in [3.05, 3.63) is 65.7 Å². The molecule has 0 bridgehead atoms. The van der Waals surface area contributed by atoms with Crippen molar-refractivity contribution in [2.75, 3.05) is 11.9 Å². The molecule has 0 saturated heterocycles. The molecule has 2 heterocycles. The molecule has 0 unspecified atom stereocenters. The second-order valence-corrected chi connectivity index (χ2v) is 6.62. The molecule has 7 heteroatoms. The number of rotatable bonds is 5. The molecule has 0 saturated carbocycles. The van der Waals surface area contributed by atoms with E-state index in [2.05, 4.69) is 15.3 Å². The molecule has 0 spiro atoms. The van der Waals surface area contributed by atoms with Crippen LogP contribution < -0.4 is 10.1 Å². The summed E-state index contributed by atoms with van der Waals surface area (Å²) in [5.74, 6) is 0.238. The SMILES string of the molecule is N#Cc1ccc(OCC(=O)Nc2nc(-c3c[nH]c4ccccc34)cs2)cc1. The van der Waals surface area contributed by atoms with E-state index in [1.807, 2.05) is 41.9 Å². The van der Waals surface area contributed by atoms with Gasteiger partial charge in [-0.25, -0.2) is 4.98 Å². The molecular weight excluding hydrogens is 360 g/mol. The lowest BCUT2D eigenvalue weighted by Crippen LogP contribution is -2.20. The van der Waals surface area contributed by atoms with Crippen molar-refractivity contribution >= 4 is 33.3 Å². The van der Waals surface area contributed by atoms with E-state index in [1.54, 1.807) is 24.3 Å². The Labute approximate surface area is 159 Å². The predicted molar refractivity (Wildman–Crippen MR) is 105 cm³/mol. The highest BCUT2D eigenvalue weighted by Gasteiger charge is 2.12. The van der Waals surface area contributed by atoms with Crippen LogP contribution in [0.1, 0.15) is 5.56 Å². The fourth-order valence-electron chi connectivity index (χ4n) is 2.67. The average molecular weight is 374 g/mol. The largest absolute Gasteiger partial charge is 0.484 e. The van der Waals surface area contributed by atoms with E-state index in [1.165, 1.54) is 11.3 Å². The number of aromatic amines is 1. The van der Waals surface area contributed by atoms with E-state index < -0.39 is 0 Å². The van der Waals surface area contributed by atoms with Gasteiger partial charge < -0.3 is 9.72 Å². The third-order valence-corrected chi connectivity index (χ3v) is 4.73. The number of H-pyrrole nitrogens is 1. The van der Waals surface area contributed by atoms with Crippen LogP contribution in [-0.2, 0) is 4.79 Å². The monoisotopic (exact) mass is 374 g/mol. The second-order valence-electron chi connectivity index (χ2n) is 5.76. The van der Waals surface area contributed by atoms with Crippen molar-refractivity contribution in [1.29, 1.82) is 5.26 Å². The molecule has 1 amide bonds. The van der Waals surface area contributed by atoms with E-state index in [-0.39, 0.29) is 12.5 Å². The summed E-state index contributed by atoms with van der Waals surface area (Å²) in [6.45, 7) is -0.131. The smallest absolute Gasteiger partial charge is 0.264 e. The molecule has 0 atom stereocenters. The van der Waals surface area contributed by atoms with Crippen molar-refractivity contribution < 1.29 is 9.53 Å². The minimum absolute atomic E-state index is 0.131. The Morgan fingerprint density at radius 3 is 2.85 bits per heavy atom. The average Bonchev–Trinajstić information content (AvgIpc) is 3.33. The summed E-state index contributed by atoms with van der Waals surface area (Å²) in [6, 6.07) is 16.6. The van der Waals surface area contributed by atoms with Crippen LogP contribution in [0.5, 0.6) is 5.75 Å². The standard InChI is InChI=1S/C20H14N4O2S/c21-9-13-5-7-14(8-6-13)26-11-19(25)24-20-23-18(12-27-20)16-10-22-17-4-2-1-3-15(16)17/h1-8,10,12,22H,11H2,(H,23,24,25). The number of thiazole rings is 1. The van der Waals surface area contributed by atoms with Gasteiger partial charge in [-0.2, -0.15) is 5.26 Å². The van der Waals surface area contributed by atoms with Gasteiger partial charge in [0.2, 0.25) is 0 Å². The molecule has 0 aliphatic rings. The van der Waals surface area contributed by atoms with Crippen LogP contribution in [0.4, 0.5) is 5.13 Å². The number of amides is 1. The zero-order valence-electron chi connectivity index (χ0n) is 14.1. The van der Waals surface area contributed by atoms with Gasteiger partial charge in [0, 0.05) is 28.0 Å². The summed E-state index contributed by atoms with van der Waals surface area (Å²) in [5, 5.41) is 15.0. The Bertz CT molecular complexity index is 1140. The first-order chi connectivity index (χ1) is 13.2. The van der Waals surface area contributed by atoms with Gasteiger partial charge in [-0.05, 0) is 30.3 Å². The van der Waals surface area contributed by atoms with E-state index in [4.69, 9.17) is 10.00 Å². The van der Waals surface area contributed by atoms with Crippen LogP contribution in [-0.4, -0.2) is 22.5 Å². The van der Waals surface area contributed by atoms with Crippen molar-refractivity contribution in [3.63, 3.8) is 0 Å². The van der Waals surface area contributed by atoms with Crippen LogP contribution in [0.25, 0.3) is 22.2 Å². The normalized spacial score (nSPS) is 10.5. The number of aromatic nitrogens is 2. The summed E-state index contributed by atoms with van der Waals surface area (Å²) in [5.41, 5.74) is 3.39. The maximum absolute atomic E-state index is 12.1. The van der Waals surface area contributed by atoms with E-state index in [0.717, 1.165) is 22.2 Å². The number of nitrogens with zero attached hydrogens (tertiary/aromatic N) is 2. The quantitative estimate of drug-likeness (QED) is 0.548. The summed E-state index contributed by atoms with van der Waals surface area (Å²) in [6.07, 6.45) is 1.92. The van der Waals surface area contributed by atoms with Crippen molar-refractivity contribution in [2.24, 2.45) is 0 Å². The van der Waals surface area contributed by atoms with Gasteiger partial charge >= 0.3 is 0 Å². The lowest BCUT2D eigenvalue weighted by atomic mass is 10.1. The Kier molecular flexibility index (Phi) is 4.56. The Morgan fingerprint density at radius 2 is 2.04 bits per heavy atom. The van der Waals surface area contributed by atoms with Crippen molar-refractivity contribution in [1.82, 2.24) is 9.97 Å². The number of nitrogens with one attached hydrogen (secondary N) is 2. The molecule has 0 radical (unpaired) electrons. The molecule has 2 N–H and O–H groups in total. The lowest BCUT2D eigenvalue weighted by Gasteiger charge is -2.05. The van der Waals surface area contributed by atoms with Crippen LogP contribution in [0.2, 0.25) is 0 Å². The highest BCUT2D eigenvalue weighted by molar-refractivity contribution is 7.14. The molecule has 4 rings (SSSR count). The van der Waals surface area contributed by atoms with Gasteiger partial charge in [0.25, 0.3) is 5.91 Å².